The van der Waals surface area contributed by atoms with E-state index in [4.69, 9.17) is 4.74 Å². The smallest absolute Gasteiger partial charge is 0.252 e. The molecule has 0 aliphatic carbocycles. The maximum Gasteiger partial charge on any atom is 0.252 e. The van der Waals surface area contributed by atoms with Crippen LogP contribution < -0.4 is 10.6 Å². The van der Waals surface area contributed by atoms with Crippen LogP contribution in [-0.2, 0) is 4.74 Å². The molecule has 0 radical (unpaired) electrons. The van der Waals surface area contributed by atoms with Crippen molar-refractivity contribution >= 4 is 11.7 Å². The van der Waals surface area contributed by atoms with Gasteiger partial charge >= 0.3 is 0 Å². The lowest BCUT2D eigenvalue weighted by molar-refractivity contribution is 0.0907. The van der Waals surface area contributed by atoms with Gasteiger partial charge in [-0.05, 0) is 31.4 Å². The molecule has 1 saturated heterocycles. The van der Waals surface area contributed by atoms with Gasteiger partial charge in [-0.15, -0.1) is 0 Å². The third-order valence-corrected chi connectivity index (χ3v) is 3.06. The lowest BCUT2D eigenvalue weighted by atomic mass is 10.2. The van der Waals surface area contributed by atoms with Crippen LogP contribution >= 0.6 is 0 Å². The summed E-state index contributed by atoms with van der Waals surface area (Å²) in [6, 6.07) is 3.55. The molecule has 5 nitrogen and oxygen atoms in total. The first kappa shape index (κ1) is 12.8. The van der Waals surface area contributed by atoms with Crippen molar-refractivity contribution in [3.8, 4) is 0 Å². The molecule has 2 rings (SSSR count). The van der Waals surface area contributed by atoms with E-state index in [1.807, 2.05) is 0 Å². The first-order chi connectivity index (χ1) is 8.79. The lowest BCUT2D eigenvalue weighted by Gasteiger charge is -2.10. The van der Waals surface area contributed by atoms with Gasteiger partial charge in [-0.1, -0.05) is 0 Å². The molecule has 18 heavy (non-hydrogen) atoms. The minimum atomic E-state index is -0.0804. The number of ether oxygens (including phenoxy) is 1. The molecule has 2 heterocycles. The molecule has 0 spiro atoms. The zero-order chi connectivity index (χ0) is 12.8. The highest BCUT2D eigenvalue weighted by Gasteiger charge is 2.15. The van der Waals surface area contributed by atoms with Crippen LogP contribution in [0.25, 0.3) is 0 Å². The number of amides is 1. The summed E-state index contributed by atoms with van der Waals surface area (Å²) in [6.07, 6.45) is 5.01. The van der Waals surface area contributed by atoms with Gasteiger partial charge in [0.05, 0.1) is 11.7 Å². The fourth-order valence-electron chi connectivity index (χ4n) is 2.00. The molecule has 0 saturated carbocycles. The predicted octanol–water partition coefficient (Wildman–Crippen LogP) is 1.42. The van der Waals surface area contributed by atoms with Gasteiger partial charge in [0.15, 0.2) is 0 Å². The molecule has 1 aromatic heterocycles. The summed E-state index contributed by atoms with van der Waals surface area (Å²) in [7, 11) is 1.80. The Labute approximate surface area is 107 Å². The summed E-state index contributed by atoms with van der Waals surface area (Å²) in [4.78, 5) is 15.9. The summed E-state index contributed by atoms with van der Waals surface area (Å²) >= 11 is 0. The third kappa shape index (κ3) is 3.43. The molecule has 1 fully saturated rings. The van der Waals surface area contributed by atoms with Crippen molar-refractivity contribution in [1.82, 2.24) is 10.3 Å². The number of carbonyl (C=O) groups excluding carboxylic acids is 1. The van der Waals surface area contributed by atoms with E-state index in [0.29, 0.717) is 18.2 Å². The van der Waals surface area contributed by atoms with Crippen LogP contribution in [0.3, 0.4) is 0 Å². The van der Waals surface area contributed by atoms with Crippen LogP contribution in [-0.4, -0.2) is 37.2 Å². The van der Waals surface area contributed by atoms with E-state index in [0.717, 1.165) is 31.7 Å². The number of anilines is 1. The van der Waals surface area contributed by atoms with Crippen molar-refractivity contribution in [2.75, 3.05) is 25.5 Å². The van der Waals surface area contributed by atoms with E-state index >= 15 is 0 Å². The summed E-state index contributed by atoms with van der Waals surface area (Å²) < 4.78 is 5.50. The first-order valence-corrected chi connectivity index (χ1v) is 6.33. The van der Waals surface area contributed by atoms with Gasteiger partial charge in [-0.2, -0.15) is 0 Å². The Bertz CT molecular complexity index is 386. The van der Waals surface area contributed by atoms with Gasteiger partial charge in [-0.25, -0.2) is 4.98 Å². The van der Waals surface area contributed by atoms with Crippen LogP contribution in [0, 0.1) is 0 Å². The number of nitrogens with one attached hydrogen (secondary N) is 2. The fraction of sp³-hybridized carbons (Fsp3) is 0.538. The number of rotatable bonds is 5. The van der Waals surface area contributed by atoms with Gasteiger partial charge in [0.1, 0.15) is 5.82 Å². The molecule has 0 bridgehead atoms. The van der Waals surface area contributed by atoms with E-state index in [1.54, 1.807) is 25.4 Å². The topological polar surface area (TPSA) is 63.2 Å². The Hall–Kier alpha value is -1.62. The van der Waals surface area contributed by atoms with E-state index in [9.17, 15) is 4.79 Å². The van der Waals surface area contributed by atoms with Crippen molar-refractivity contribution in [3.63, 3.8) is 0 Å². The summed E-state index contributed by atoms with van der Waals surface area (Å²) in [5, 5.41) is 5.80. The molecule has 5 heteroatoms. The number of hydrogen-bond donors (Lipinski definition) is 2. The van der Waals surface area contributed by atoms with Crippen LogP contribution in [0.15, 0.2) is 18.3 Å². The van der Waals surface area contributed by atoms with Gasteiger partial charge in [0.2, 0.25) is 0 Å². The second-order valence-electron chi connectivity index (χ2n) is 4.36. The second-order valence-corrected chi connectivity index (χ2v) is 4.36. The molecule has 1 aromatic rings. The maximum absolute atomic E-state index is 11.8. The summed E-state index contributed by atoms with van der Waals surface area (Å²) in [5.74, 6) is 0.675. The van der Waals surface area contributed by atoms with E-state index in [1.165, 1.54) is 0 Å². The molecule has 1 aliphatic heterocycles. The molecular weight excluding hydrogens is 230 g/mol. The van der Waals surface area contributed by atoms with Gasteiger partial charge in [0, 0.05) is 26.4 Å². The Morgan fingerprint density at radius 2 is 2.44 bits per heavy atom. The summed E-state index contributed by atoms with van der Waals surface area (Å²) in [6.45, 7) is 1.51. The highest BCUT2D eigenvalue weighted by molar-refractivity contribution is 5.93. The molecule has 1 amide bonds. The van der Waals surface area contributed by atoms with Crippen molar-refractivity contribution < 1.29 is 9.53 Å². The minimum absolute atomic E-state index is 0.0804. The number of hydrogen-bond acceptors (Lipinski definition) is 4. The van der Waals surface area contributed by atoms with Crippen LogP contribution in [0.2, 0.25) is 0 Å². The molecule has 2 N–H and O–H groups in total. The zero-order valence-corrected chi connectivity index (χ0v) is 10.6. The third-order valence-electron chi connectivity index (χ3n) is 3.06. The van der Waals surface area contributed by atoms with Crippen LogP contribution in [0.4, 0.5) is 5.82 Å². The van der Waals surface area contributed by atoms with Crippen molar-refractivity contribution in [3.05, 3.63) is 23.9 Å². The molecule has 1 atom stereocenters. The average Bonchev–Trinajstić information content (AvgIpc) is 2.92. The molecular formula is C13H19N3O2. The first-order valence-electron chi connectivity index (χ1n) is 6.33. The van der Waals surface area contributed by atoms with Gasteiger partial charge in [0.25, 0.3) is 5.91 Å². The van der Waals surface area contributed by atoms with E-state index in [2.05, 4.69) is 15.6 Å². The largest absolute Gasteiger partial charge is 0.378 e. The highest BCUT2D eigenvalue weighted by Crippen LogP contribution is 2.14. The quantitative estimate of drug-likeness (QED) is 0.828. The Morgan fingerprint density at radius 1 is 1.56 bits per heavy atom. The lowest BCUT2D eigenvalue weighted by Crippen LogP contribution is -2.27. The van der Waals surface area contributed by atoms with E-state index in [-0.39, 0.29) is 5.91 Å². The minimum Gasteiger partial charge on any atom is -0.378 e. The fourth-order valence-corrected chi connectivity index (χ4v) is 2.00. The Morgan fingerprint density at radius 3 is 3.06 bits per heavy atom. The number of nitrogens with zero attached hydrogens (tertiary/aromatic N) is 1. The van der Waals surface area contributed by atoms with Crippen molar-refractivity contribution in [2.24, 2.45) is 0 Å². The molecule has 1 unspecified atom stereocenters. The molecule has 98 valence electrons. The van der Waals surface area contributed by atoms with Crippen molar-refractivity contribution in [1.29, 1.82) is 0 Å². The average molecular weight is 249 g/mol. The number of carbonyl (C=O) groups is 1. The normalized spacial score (nSPS) is 18.6. The predicted molar refractivity (Wildman–Crippen MR) is 69.7 cm³/mol. The monoisotopic (exact) mass is 249 g/mol. The van der Waals surface area contributed by atoms with Crippen LogP contribution in [0.1, 0.15) is 29.6 Å². The molecule has 0 aromatic carbocycles. The van der Waals surface area contributed by atoms with Gasteiger partial charge < -0.3 is 15.4 Å². The summed E-state index contributed by atoms with van der Waals surface area (Å²) in [5.41, 5.74) is 0.585. The second kappa shape index (κ2) is 6.35. The number of aromatic nitrogens is 1. The SMILES string of the molecule is CNc1ccc(C(=O)NCCC2CCCO2)cn1. The van der Waals surface area contributed by atoms with Crippen molar-refractivity contribution in [2.45, 2.75) is 25.4 Å². The van der Waals surface area contributed by atoms with E-state index < -0.39 is 0 Å². The maximum atomic E-state index is 11.8. The zero-order valence-electron chi connectivity index (χ0n) is 10.6. The highest BCUT2D eigenvalue weighted by atomic mass is 16.5. The Kier molecular flexibility index (Phi) is 4.52. The number of pyridine rings is 1. The van der Waals surface area contributed by atoms with Crippen LogP contribution in [0.5, 0.6) is 0 Å². The molecule has 1 aliphatic rings. The van der Waals surface area contributed by atoms with Gasteiger partial charge in [-0.3, -0.25) is 4.79 Å². The Balaban J connectivity index is 1.76. The standard InChI is InChI=1S/C13H19N3O2/c1-14-12-5-4-10(9-16-12)13(17)15-7-6-11-3-2-8-18-11/h4-5,9,11H,2-3,6-8H2,1H3,(H,14,16)(H,15,17).